The monoisotopic (exact) mass is 298 g/mol. The molecular weight excluding hydrogens is 287 g/mol. The van der Waals surface area contributed by atoms with Gasteiger partial charge in [0.15, 0.2) is 0 Å². The molecule has 0 radical (unpaired) electrons. The quantitative estimate of drug-likeness (QED) is 0.685. The van der Waals surface area contributed by atoms with E-state index in [2.05, 4.69) is 22.0 Å². The molecule has 0 saturated carbocycles. The average Bonchev–Trinajstić information content (AvgIpc) is 2.77. The highest BCUT2D eigenvalue weighted by atomic mass is 79.9. The Balaban J connectivity index is 2.42. The van der Waals surface area contributed by atoms with Crippen LogP contribution < -0.4 is 0 Å². The maximum Gasteiger partial charge on any atom is 0.129 e. The summed E-state index contributed by atoms with van der Waals surface area (Å²) in [7, 11) is 0. The Morgan fingerprint density at radius 2 is 1.88 bits per heavy atom. The van der Waals surface area contributed by atoms with E-state index in [0.717, 1.165) is 5.56 Å². The first-order chi connectivity index (χ1) is 7.59. The fourth-order valence-corrected chi connectivity index (χ4v) is 3.19. The molecule has 3 heteroatoms. The van der Waals surface area contributed by atoms with Gasteiger partial charge in [0.05, 0.1) is 4.83 Å². The first-order valence-electron chi connectivity index (χ1n) is 5.03. The van der Waals surface area contributed by atoms with Crippen molar-refractivity contribution < 1.29 is 4.39 Å². The lowest BCUT2D eigenvalue weighted by Crippen LogP contribution is -1.95. The van der Waals surface area contributed by atoms with Crippen LogP contribution in [0.2, 0.25) is 0 Å². The van der Waals surface area contributed by atoms with Crippen LogP contribution in [0, 0.1) is 19.7 Å². The third kappa shape index (κ3) is 2.20. The lowest BCUT2D eigenvalue weighted by atomic mass is 10.0. The minimum Gasteiger partial charge on any atom is -0.206 e. The second kappa shape index (κ2) is 4.68. The van der Waals surface area contributed by atoms with Gasteiger partial charge in [0.2, 0.25) is 0 Å². The molecule has 0 nitrogen and oxygen atoms in total. The Morgan fingerprint density at radius 1 is 1.25 bits per heavy atom. The van der Waals surface area contributed by atoms with Crippen molar-refractivity contribution in [2.75, 3.05) is 0 Å². The predicted molar refractivity (Wildman–Crippen MR) is 71.0 cm³/mol. The van der Waals surface area contributed by atoms with E-state index < -0.39 is 0 Å². The Hall–Kier alpha value is -0.670. The van der Waals surface area contributed by atoms with Crippen LogP contribution in [0.15, 0.2) is 29.6 Å². The minimum absolute atomic E-state index is 0.102. The van der Waals surface area contributed by atoms with E-state index in [1.165, 1.54) is 4.88 Å². The van der Waals surface area contributed by atoms with Gasteiger partial charge in [-0.05, 0) is 42.0 Å². The maximum absolute atomic E-state index is 13.5. The standard InChI is InChI=1S/C13H12BrFS/c1-8-6-10(7-9(2)13(8)15)12(14)11-4-3-5-16-11/h3-7,12H,1-2H3. The molecule has 0 bridgehead atoms. The average molecular weight is 299 g/mol. The summed E-state index contributed by atoms with van der Waals surface area (Å²) in [5.41, 5.74) is 2.52. The largest absolute Gasteiger partial charge is 0.206 e. The second-order valence-corrected chi connectivity index (χ2v) is 5.74. The van der Waals surface area contributed by atoms with Gasteiger partial charge in [-0.15, -0.1) is 11.3 Å². The smallest absolute Gasteiger partial charge is 0.129 e. The highest BCUT2D eigenvalue weighted by Crippen LogP contribution is 2.34. The third-order valence-corrected chi connectivity index (χ3v) is 4.81. The van der Waals surface area contributed by atoms with E-state index in [0.29, 0.717) is 11.1 Å². The molecule has 2 aromatic rings. The van der Waals surface area contributed by atoms with Crippen LogP contribution in [0.4, 0.5) is 4.39 Å². The van der Waals surface area contributed by atoms with Crippen LogP contribution >= 0.6 is 27.3 Å². The molecule has 0 N–H and O–H groups in total. The van der Waals surface area contributed by atoms with E-state index in [9.17, 15) is 4.39 Å². The number of hydrogen-bond donors (Lipinski definition) is 0. The Bertz CT molecular complexity index is 468. The molecule has 84 valence electrons. The van der Waals surface area contributed by atoms with E-state index in [1.807, 2.05) is 23.6 Å². The number of rotatable bonds is 2. The van der Waals surface area contributed by atoms with E-state index >= 15 is 0 Å². The zero-order valence-electron chi connectivity index (χ0n) is 9.13. The van der Waals surface area contributed by atoms with Gasteiger partial charge in [0.25, 0.3) is 0 Å². The van der Waals surface area contributed by atoms with Gasteiger partial charge in [0, 0.05) is 4.88 Å². The van der Waals surface area contributed by atoms with Crippen molar-refractivity contribution in [3.05, 3.63) is 57.0 Å². The molecule has 0 aliphatic rings. The summed E-state index contributed by atoms with van der Waals surface area (Å²) in [4.78, 5) is 1.40. The molecule has 1 aromatic heterocycles. The Kier molecular flexibility index (Phi) is 3.45. The molecular formula is C13H12BrFS. The summed E-state index contributed by atoms with van der Waals surface area (Å²) >= 11 is 5.36. The summed E-state index contributed by atoms with van der Waals surface area (Å²) in [6, 6.07) is 7.92. The fourth-order valence-electron chi connectivity index (χ4n) is 1.73. The maximum atomic E-state index is 13.5. The zero-order valence-corrected chi connectivity index (χ0v) is 11.5. The van der Waals surface area contributed by atoms with E-state index in [-0.39, 0.29) is 10.6 Å². The fraction of sp³-hybridized carbons (Fsp3) is 0.231. The Labute approximate surface area is 107 Å². The Morgan fingerprint density at radius 3 is 2.38 bits per heavy atom. The predicted octanol–water partition coefficient (Wildman–Crippen LogP) is 4.99. The summed E-state index contributed by atoms with van der Waals surface area (Å²) in [5.74, 6) is -0.102. The minimum atomic E-state index is -0.102. The summed E-state index contributed by atoms with van der Waals surface area (Å²) in [6.45, 7) is 3.61. The molecule has 0 aliphatic heterocycles. The number of aryl methyl sites for hydroxylation is 2. The topological polar surface area (TPSA) is 0 Å². The van der Waals surface area contributed by atoms with Crippen LogP contribution in [-0.4, -0.2) is 0 Å². The van der Waals surface area contributed by atoms with Crippen molar-refractivity contribution in [3.8, 4) is 0 Å². The highest BCUT2D eigenvalue weighted by molar-refractivity contribution is 9.09. The van der Waals surface area contributed by atoms with Crippen LogP contribution in [0.1, 0.15) is 26.4 Å². The van der Waals surface area contributed by atoms with Gasteiger partial charge in [-0.1, -0.05) is 34.1 Å². The molecule has 2 rings (SSSR count). The molecule has 0 spiro atoms. The van der Waals surface area contributed by atoms with Crippen molar-refractivity contribution in [3.63, 3.8) is 0 Å². The number of thiophene rings is 1. The lowest BCUT2D eigenvalue weighted by molar-refractivity contribution is 0.608. The van der Waals surface area contributed by atoms with Crippen LogP contribution in [-0.2, 0) is 0 Å². The number of halogens is 2. The van der Waals surface area contributed by atoms with Gasteiger partial charge in [-0.2, -0.15) is 0 Å². The van der Waals surface area contributed by atoms with Crippen molar-refractivity contribution in [1.82, 2.24) is 0 Å². The van der Waals surface area contributed by atoms with Crippen LogP contribution in [0.3, 0.4) is 0 Å². The highest BCUT2D eigenvalue weighted by Gasteiger charge is 2.14. The lowest BCUT2D eigenvalue weighted by Gasteiger charge is -2.11. The third-order valence-electron chi connectivity index (χ3n) is 2.54. The van der Waals surface area contributed by atoms with Gasteiger partial charge >= 0.3 is 0 Å². The number of benzene rings is 1. The van der Waals surface area contributed by atoms with Gasteiger partial charge < -0.3 is 0 Å². The van der Waals surface area contributed by atoms with Crippen molar-refractivity contribution in [2.24, 2.45) is 0 Å². The molecule has 1 heterocycles. The van der Waals surface area contributed by atoms with Crippen molar-refractivity contribution in [2.45, 2.75) is 18.7 Å². The van der Waals surface area contributed by atoms with E-state index in [1.54, 1.807) is 25.2 Å². The SMILES string of the molecule is Cc1cc(C(Br)c2cccs2)cc(C)c1F. The molecule has 0 fully saturated rings. The van der Waals surface area contributed by atoms with Crippen LogP contribution in [0.25, 0.3) is 0 Å². The van der Waals surface area contributed by atoms with Gasteiger partial charge in [-0.3, -0.25) is 0 Å². The number of alkyl halides is 1. The molecule has 0 aliphatic carbocycles. The molecule has 0 saturated heterocycles. The first kappa shape index (κ1) is 11.8. The van der Waals surface area contributed by atoms with E-state index in [4.69, 9.17) is 0 Å². The zero-order chi connectivity index (χ0) is 11.7. The number of hydrogen-bond acceptors (Lipinski definition) is 1. The summed E-state index contributed by atoms with van der Waals surface area (Å²) in [6.07, 6.45) is 0. The summed E-state index contributed by atoms with van der Waals surface area (Å²) in [5, 5.41) is 2.05. The first-order valence-corrected chi connectivity index (χ1v) is 6.83. The molecule has 1 aromatic carbocycles. The van der Waals surface area contributed by atoms with Crippen molar-refractivity contribution >= 4 is 27.3 Å². The van der Waals surface area contributed by atoms with Gasteiger partial charge in [0.1, 0.15) is 5.82 Å². The molecule has 16 heavy (non-hydrogen) atoms. The normalized spacial score (nSPS) is 12.8. The van der Waals surface area contributed by atoms with Gasteiger partial charge in [-0.25, -0.2) is 4.39 Å². The molecule has 1 unspecified atom stereocenters. The molecule has 1 atom stereocenters. The molecule has 0 amide bonds. The van der Waals surface area contributed by atoms with Crippen LogP contribution in [0.5, 0.6) is 0 Å². The summed E-state index contributed by atoms with van der Waals surface area (Å²) < 4.78 is 13.5. The van der Waals surface area contributed by atoms with Crippen molar-refractivity contribution in [1.29, 1.82) is 0 Å². The second-order valence-electron chi connectivity index (χ2n) is 3.85.